The lowest BCUT2D eigenvalue weighted by atomic mass is 10.1. The molecule has 0 aliphatic rings. The molecule has 0 saturated heterocycles. The van der Waals surface area contributed by atoms with Crippen LogP contribution in [0.25, 0.3) is 16.7 Å². The van der Waals surface area contributed by atoms with Crippen molar-refractivity contribution in [3.63, 3.8) is 0 Å². The Labute approximate surface area is 153 Å². The number of anilines is 1. The molecule has 0 bridgehead atoms. The number of aromatic nitrogens is 3. The third-order valence-electron chi connectivity index (χ3n) is 4.23. The molecular formula is C20H15FN4O2. The normalized spacial score (nSPS) is 10.9. The van der Waals surface area contributed by atoms with E-state index in [-0.39, 0.29) is 5.56 Å². The van der Waals surface area contributed by atoms with Gasteiger partial charge in [0.1, 0.15) is 17.0 Å². The third kappa shape index (κ3) is 2.99. The minimum absolute atomic E-state index is 0.0393. The van der Waals surface area contributed by atoms with E-state index in [4.69, 9.17) is 0 Å². The smallest absolute Gasteiger partial charge is 0.261 e. The van der Waals surface area contributed by atoms with E-state index in [9.17, 15) is 14.0 Å². The lowest BCUT2D eigenvalue weighted by Crippen LogP contribution is -2.22. The quantitative estimate of drug-likeness (QED) is 0.586. The topological polar surface area (TPSA) is 79.8 Å². The Hall–Kier alpha value is -3.74. The number of carbonyl (C=O) groups excluding carboxylic acids is 1. The Morgan fingerprint density at radius 1 is 1.11 bits per heavy atom. The summed E-state index contributed by atoms with van der Waals surface area (Å²) in [6, 6.07) is 14.7. The van der Waals surface area contributed by atoms with Gasteiger partial charge in [0.25, 0.3) is 5.91 Å². The van der Waals surface area contributed by atoms with Gasteiger partial charge in [-0.3, -0.25) is 9.59 Å². The number of H-pyrrole nitrogens is 1. The van der Waals surface area contributed by atoms with Crippen molar-refractivity contribution in [1.29, 1.82) is 0 Å². The summed E-state index contributed by atoms with van der Waals surface area (Å²) < 4.78 is 14.6. The minimum Gasteiger partial charge on any atom is -0.345 e. The second-order valence-corrected chi connectivity index (χ2v) is 6.05. The van der Waals surface area contributed by atoms with Crippen molar-refractivity contribution >= 4 is 22.6 Å². The predicted molar refractivity (Wildman–Crippen MR) is 101 cm³/mol. The van der Waals surface area contributed by atoms with Crippen molar-refractivity contribution in [3.05, 3.63) is 88.1 Å². The fourth-order valence-electron chi connectivity index (χ4n) is 2.93. The number of amides is 1. The van der Waals surface area contributed by atoms with E-state index < -0.39 is 17.2 Å². The number of nitrogens with zero attached hydrogens (tertiary/aromatic N) is 2. The lowest BCUT2D eigenvalue weighted by Gasteiger charge is -2.06. The second kappa shape index (κ2) is 6.53. The van der Waals surface area contributed by atoms with Crippen LogP contribution in [0.5, 0.6) is 0 Å². The number of pyridine rings is 1. The molecule has 27 heavy (non-hydrogen) atoms. The van der Waals surface area contributed by atoms with Crippen LogP contribution in [0, 0.1) is 12.7 Å². The lowest BCUT2D eigenvalue weighted by molar-refractivity contribution is 0.102. The minimum atomic E-state index is -0.573. The van der Waals surface area contributed by atoms with Crippen LogP contribution in [0.2, 0.25) is 0 Å². The van der Waals surface area contributed by atoms with Crippen molar-refractivity contribution < 1.29 is 9.18 Å². The average Bonchev–Trinajstić information content (AvgIpc) is 3.02. The Morgan fingerprint density at radius 2 is 1.81 bits per heavy atom. The molecule has 6 nitrogen and oxygen atoms in total. The van der Waals surface area contributed by atoms with Crippen molar-refractivity contribution in [2.24, 2.45) is 0 Å². The molecular weight excluding hydrogens is 347 g/mol. The molecule has 0 aliphatic carbocycles. The Morgan fingerprint density at radius 3 is 2.52 bits per heavy atom. The van der Waals surface area contributed by atoms with Gasteiger partial charge in [0.2, 0.25) is 5.43 Å². The second-order valence-electron chi connectivity index (χ2n) is 6.05. The van der Waals surface area contributed by atoms with Gasteiger partial charge in [0, 0.05) is 11.9 Å². The summed E-state index contributed by atoms with van der Waals surface area (Å²) in [7, 11) is 0. The van der Waals surface area contributed by atoms with Gasteiger partial charge in [0.15, 0.2) is 0 Å². The molecule has 2 aromatic carbocycles. The number of benzene rings is 2. The number of para-hydroxylation sites is 1. The number of fused-ring (bicyclic) bond motifs is 1. The third-order valence-corrected chi connectivity index (χ3v) is 4.23. The standard InChI is InChI=1S/C20H15FN4O2/c1-12-17-18(26)16(20(27)23-14-9-7-13(21)8-10-14)11-22-19(17)25(24-12)15-5-3-2-4-6-15/h2-11H,1H3,(H,22,26)(H,23,27). The van der Waals surface area contributed by atoms with E-state index >= 15 is 0 Å². The average molecular weight is 362 g/mol. The summed E-state index contributed by atoms with van der Waals surface area (Å²) in [5, 5.41) is 7.38. The Balaban J connectivity index is 1.76. The fourth-order valence-corrected chi connectivity index (χ4v) is 2.93. The first kappa shape index (κ1) is 16.7. The molecule has 0 atom stereocenters. The van der Waals surface area contributed by atoms with E-state index in [0.717, 1.165) is 5.69 Å². The maximum absolute atomic E-state index is 13.0. The van der Waals surface area contributed by atoms with Crippen LogP contribution >= 0.6 is 0 Å². The number of hydrogen-bond donors (Lipinski definition) is 2. The summed E-state index contributed by atoms with van der Waals surface area (Å²) in [6.07, 6.45) is 1.37. The predicted octanol–water partition coefficient (Wildman–Crippen LogP) is 3.41. The first-order valence-corrected chi connectivity index (χ1v) is 8.28. The van der Waals surface area contributed by atoms with Crippen LogP contribution in [0.1, 0.15) is 16.1 Å². The Bertz CT molecular complexity index is 1190. The molecule has 7 heteroatoms. The summed E-state index contributed by atoms with van der Waals surface area (Å²) >= 11 is 0. The number of carbonyl (C=O) groups is 1. The van der Waals surface area contributed by atoms with Gasteiger partial charge in [-0.25, -0.2) is 9.07 Å². The number of rotatable bonds is 3. The van der Waals surface area contributed by atoms with Crippen LogP contribution < -0.4 is 10.7 Å². The summed E-state index contributed by atoms with van der Waals surface area (Å²) in [6.45, 7) is 1.72. The van der Waals surface area contributed by atoms with E-state index in [1.54, 1.807) is 11.6 Å². The zero-order valence-electron chi connectivity index (χ0n) is 14.4. The molecule has 0 radical (unpaired) electrons. The highest BCUT2D eigenvalue weighted by molar-refractivity contribution is 6.05. The van der Waals surface area contributed by atoms with Crippen LogP contribution in [-0.4, -0.2) is 20.7 Å². The maximum atomic E-state index is 13.0. The molecule has 0 aliphatic heterocycles. The van der Waals surface area contributed by atoms with E-state index in [2.05, 4.69) is 15.4 Å². The summed E-state index contributed by atoms with van der Waals surface area (Å²) in [5.41, 5.74) is 1.78. The zero-order valence-corrected chi connectivity index (χ0v) is 14.4. The van der Waals surface area contributed by atoms with Crippen molar-refractivity contribution in [2.45, 2.75) is 6.92 Å². The highest BCUT2D eigenvalue weighted by Crippen LogP contribution is 2.18. The van der Waals surface area contributed by atoms with Gasteiger partial charge in [-0.1, -0.05) is 18.2 Å². The molecule has 0 fully saturated rings. The molecule has 2 heterocycles. The highest BCUT2D eigenvalue weighted by Gasteiger charge is 2.19. The summed E-state index contributed by atoms with van der Waals surface area (Å²) in [5.74, 6) is -0.979. The van der Waals surface area contributed by atoms with Crippen molar-refractivity contribution in [3.8, 4) is 5.69 Å². The number of aryl methyl sites for hydroxylation is 1. The van der Waals surface area contributed by atoms with E-state index in [0.29, 0.717) is 22.4 Å². The number of aromatic amines is 1. The fraction of sp³-hybridized carbons (Fsp3) is 0.0500. The molecule has 134 valence electrons. The van der Waals surface area contributed by atoms with Gasteiger partial charge < -0.3 is 10.3 Å². The van der Waals surface area contributed by atoms with Gasteiger partial charge in [-0.2, -0.15) is 5.10 Å². The monoisotopic (exact) mass is 362 g/mol. The first-order chi connectivity index (χ1) is 13.0. The van der Waals surface area contributed by atoms with Gasteiger partial charge in [-0.05, 0) is 43.3 Å². The Kier molecular flexibility index (Phi) is 4.04. The van der Waals surface area contributed by atoms with E-state index in [1.807, 2.05) is 30.3 Å². The van der Waals surface area contributed by atoms with Crippen LogP contribution in [0.15, 0.2) is 65.6 Å². The van der Waals surface area contributed by atoms with Crippen molar-refractivity contribution in [1.82, 2.24) is 14.8 Å². The number of hydrogen-bond acceptors (Lipinski definition) is 3. The van der Waals surface area contributed by atoms with Gasteiger partial charge >= 0.3 is 0 Å². The van der Waals surface area contributed by atoms with Crippen LogP contribution in [-0.2, 0) is 0 Å². The van der Waals surface area contributed by atoms with E-state index in [1.165, 1.54) is 30.5 Å². The molecule has 0 saturated carbocycles. The largest absolute Gasteiger partial charge is 0.345 e. The first-order valence-electron chi connectivity index (χ1n) is 8.28. The molecule has 2 aromatic heterocycles. The molecule has 0 unspecified atom stereocenters. The molecule has 2 N–H and O–H groups in total. The van der Waals surface area contributed by atoms with Crippen LogP contribution in [0.4, 0.5) is 10.1 Å². The van der Waals surface area contributed by atoms with Gasteiger partial charge in [-0.15, -0.1) is 0 Å². The highest BCUT2D eigenvalue weighted by atomic mass is 19.1. The zero-order chi connectivity index (χ0) is 19.0. The van der Waals surface area contributed by atoms with Crippen LogP contribution in [0.3, 0.4) is 0 Å². The molecule has 4 aromatic rings. The van der Waals surface area contributed by atoms with Gasteiger partial charge in [0.05, 0.1) is 16.8 Å². The van der Waals surface area contributed by atoms with Crippen molar-refractivity contribution in [2.75, 3.05) is 5.32 Å². The maximum Gasteiger partial charge on any atom is 0.261 e. The summed E-state index contributed by atoms with van der Waals surface area (Å²) in [4.78, 5) is 28.4. The molecule has 0 spiro atoms. The number of halogens is 1. The molecule has 1 amide bonds. The SMILES string of the molecule is Cc1nn(-c2ccccc2)c2[nH]cc(C(=O)Nc3ccc(F)cc3)c(=O)c12. The molecule has 4 rings (SSSR count). The number of nitrogens with one attached hydrogen (secondary N) is 2.